The second kappa shape index (κ2) is 12.2. The molecule has 0 spiro atoms. The Labute approximate surface area is 246 Å². The number of sulfonamides is 1. The van der Waals surface area contributed by atoms with E-state index in [0.717, 1.165) is 11.7 Å². The van der Waals surface area contributed by atoms with Crippen LogP contribution in [0, 0.1) is 0 Å². The van der Waals surface area contributed by atoms with Crippen LogP contribution in [0.3, 0.4) is 0 Å². The summed E-state index contributed by atoms with van der Waals surface area (Å²) in [6.07, 6.45) is 1.95. The number of hydrogen-bond acceptors (Lipinski definition) is 2. The molecule has 0 aliphatic heterocycles. The van der Waals surface area contributed by atoms with E-state index in [2.05, 4.69) is 105 Å². The Kier molecular flexibility index (Phi) is 8.68. The summed E-state index contributed by atoms with van der Waals surface area (Å²) in [7, 11) is -3.71. The van der Waals surface area contributed by atoms with Crippen LogP contribution in [0.5, 0.6) is 0 Å². The molecular weight excluding hydrogens is 597 g/mol. The molecule has 1 atom stereocenters. The van der Waals surface area contributed by atoms with Gasteiger partial charge in [-0.15, -0.1) is 0 Å². The van der Waals surface area contributed by atoms with Crippen molar-refractivity contribution in [1.82, 2.24) is 4.72 Å². The molecule has 0 fully saturated rings. The average molecular weight is 631 g/mol. The fourth-order valence-corrected chi connectivity index (χ4v) is 14.3. The van der Waals surface area contributed by atoms with E-state index < -0.39 is 15.3 Å². The van der Waals surface area contributed by atoms with Crippen LogP contribution in [0.4, 0.5) is 0 Å². The third-order valence-electron chi connectivity index (χ3n) is 7.48. The van der Waals surface area contributed by atoms with Gasteiger partial charge in [-0.2, -0.15) is 0 Å². The summed E-state index contributed by atoms with van der Waals surface area (Å²) < 4.78 is 30.1. The molecule has 0 radical (unpaired) electrons. The van der Waals surface area contributed by atoms with Crippen molar-refractivity contribution >= 4 is 46.7 Å². The molecule has 40 heavy (non-hydrogen) atoms. The van der Waals surface area contributed by atoms with Crippen molar-refractivity contribution in [3.05, 3.63) is 157 Å². The third kappa shape index (κ3) is 5.84. The van der Waals surface area contributed by atoms with Crippen molar-refractivity contribution in [3.8, 4) is 0 Å². The van der Waals surface area contributed by atoms with Crippen molar-refractivity contribution in [1.29, 1.82) is 0 Å². The van der Waals surface area contributed by atoms with Crippen LogP contribution in [0.15, 0.2) is 157 Å². The summed E-state index contributed by atoms with van der Waals surface area (Å²) in [5.41, 5.74) is 1.09. The molecule has 5 rings (SSSR count). The molecule has 0 aliphatic rings. The van der Waals surface area contributed by atoms with E-state index in [1.165, 1.54) is 15.9 Å². The summed E-state index contributed by atoms with van der Waals surface area (Å²) in [6.45, 7) is 0. The van der Waals surface area contributed by atoms with Crippen molar-refractivity contribution < 1.29 is 8.42 Å². The average Bonchev–Trinajstić information content (AvgIpc) is 3.02. The first-order valence-electron chi connectivity index (χ1n) is 13.4. The van der Waals surface area contributed by atoms with Gasteiger partial charge >= 0.3 is 247 Å². The van der Waals surface area contributed by atoms with Crippen molar-refractivity contribution in [2.45, 2.75) is 23.8 Å². The van der Waals surface area contributed by atoms with Gasteiger partial charge in [-0.1, -0.05) is 0 Å². The van der Waals surface area contributed by atoms with Crippen molar-refractivity contribution in [3.63, 3.8) is 0 Å². The Balaban J connectivity index is 1.61. The molecule has 0 saturated heterocycles. The summed E-state index contributed by atoms with van der Waals surface area (Å²) in [5, 5.41) is 0.450. The zero-order chi connectivity index (χ0) is 27.9. The zero-order valence-electron chi connectivity index (χ0n) is 22.2. The van der Waals surface area contributed by atoms with E-state index in [4.69, 9.17) is 0 Å². The number of hydrogen-bond donors (Lipinski definition) is 1. The van der Waals surface area contributed by atoms with Gasteiger partial charge in [0.15, 0.2) is 0 Å². The first-order chi connectivity index (χ1) is 19.4. The molecule has 5 aromatic carbocycles. The third-order valence-corrected chi connectivity index (χ3v) is 19.0. The van der Waals surface area contributed by atoms with E-state index >= 15 is 0 Å². The Morgan fingerprint density at radius 3 is 1.38 bits per heavy atom. The standard InChI is InChI=1S/C34H33BrNO2PS/c35-39(31-18-8-2-9-19-31,32-20-10-3-11-21-32,33-22-12-4-13-23-33)27-26-30(28-29-16-6-1-7-17-29)36-40(37,38)34-24-14-5-15-25-34/h1-25,30,36H,26-28H2/t30-/m0/s1. The van der Waals surface area contributed by atoms with E-state index in [0.29, 0.717) is 12.8 Å². The predicted molar refractivity (Wildman–Crippen MR) is 174 cm³/mol. The van der Waals surface area contributed by atoms with E-state index in [1.807, 2.05) is 42.5 Å². The SMILES string of the molecule is O=S(=O)(N[C@@H](CCP(Br)(c1ccccc1)(c1ccccc1)c1ccccc1)Cc1ccccc1)c1ccccc1. The second-order valence-corrected chi connectivity index (χ2v) is 20.8. The Morgan fingerprint density at radius 2 is 0.950 bits per heavy atom. The topological polar surface area (TPSA) is 46.2 Å². The monoisotopic (exact) mass is 629 g/mol. The number of benzene rings is 5. The molecule has 0 amide bonds. The predicted octanol–water partition coefficient (Wildman–Crippen LogP) is 6.81. The maximum absolute atomic E-state index is 13.5. The zero-order valence-corrected chi connectivity index (χ0v) is 25.5. The molecule has 0 saturated carbocycles. The molecule has 0 aromatic heterocycles. The van der Waals surface area contributed by atoms with Gasteiger partial charge in [0, 0.05) is 0 Å². The number of nitrogens with one attached hydrogen (secondary N) is 1. The molecule has 3 nitrogen and oxygen atoms in total. The molecule has 0 bridgehead atoms. The van der Waals surface area contributed by atoms with Gasteiger partial charge in [0.1, 0.15) is 0 Å². The summed E-state index contributed by atoms with van der Waals surface area (Å²) in [4.78, 5) is 0.276. The van der Waals surface area contributed by atoms with Crippen LogP contribution in [-0.2, 0) is 16.4 Å². The van der Waals surface area contributed by atoms with E-state index in [1.54, 1.807) is 24.3 Å². The van der Waals surface area contributed by atoms with Crippen LogP contribution in [0.1, 0.15) is 12.0 Å². The van der Waals surface area contributed by atoms with Gasteiger partial charge < -0.3 is 0 Å². The Hall–Kier alpha value is -3.08. The van der Waals surface area contributed by atoms with Crippen LogP contribution in [0.25, 0.3) is 0 Å². The Morgan fingerprint density at radius 1 is 0.575 bits per heavy atom. The van der Waals surface area contributed by atoms with E-state index in [9.17, 15) is 8.42 Å². The van der Waals surface area contributed by atoms with Gasteiger partial charge in [-0.3, -0.25) is 0 Å². The van der Waals surface area contributed by atoms with Crippen LogP contribution < -0.4 is 20.6 Å². The molecule has 0 unspecified atom stereocenters. The fraction of sp³-hybridized carbons (Fsp3) is 0.118. The van der Waals surface area contributed by atoms with Crippen LogP contribution in [0.2, 0.25) is 0 Å². The minimum absolute atomic E-state index is 0.276. The van der Waals surface area contributed by atoms with Gasteiger partial charge in [0.2, 0.25) is 0 Å². The first-order valence-corrected chi connectivity index (χ1v) is 19.3. The summed E-state index contributed by atoms with van der Waals surface area (Å²) >= 11 is 4.51. The molecule has 5 aromatic rings. The molecular formula is C34H33BrNO2PS. The minimum atomic E-state index is -3.71. The van der Waals surface area contributed by atoms with Crippen LogP contribution in [-0.4, -0.2) is 20.6 Å². The molecule has 1 N–H and O–H groups in total. The van der Waals surface area contributed by atoms with Crippen LogP contribution >= 0.6 is 20.8 Å². The molecule has 0 aliphatic carbocycles. The van der Waals surface area contributed by atoms with Gasteiger partial charge in [0.05, 0.1) is 0 Å². The molecule has 6 heteroatoms. The summed E-state index contributed by atoms with van der Waals surface area (Å²) in [5.74, 6) is 0. The maximum atomic E-state index is 13.5. The Bertz CT molecular complexity index is 1520. The summed E-state index contributed by atoms with van der Waals surface area (Å²) in [6, 6.07) is 50.3. The second-order valence-electron chi connectivity index (χ2n) is 10.0. The number of halogens is 1. The van der Waals surface area contributed by atoms with Gasteiger partial charge in [-0.25, -0.2) is 0 Å². The van der Waals surface area contributed by atoms with E-state index in [-0.39, 0.29) is 10.9 Å². The quantitative estimate of drug-likeness (QED) is 0.163. The first kappa shape index (κ1) is 28.4. The van der Waals surface area contributed by atoms with Gasteiger partial charge in [0.25, 0.3) is 0 Å². The van der Waals surface area contributed by atoms with Crippen molar-refractivity contribution in [2.75, 3.05) is 6.16 Å². The van der Waals surface area contributed by atoms with Crippen molar-refractivity contribution in [2.24, 2.45) is 0 Å². The number of rotatable bonds is 11. The fourth-order valence-electron chi connectivity index (χ4n) is 5.44. The molecule has 204 valence electrons. The van der Waals surface area contributed by atoms with Gasteiger partial charge in [-0.05, 0) is 0 Å². The normalized spacial score (nSPS) is 13.7. The molecule has 0 heterocycles.